The molecule has 1 amide bonds. The zero-order valence-electron chi connectivity index (χ0n) is 15.4. The van der Waals surface area contributed by atoms with Crippen LogP contribution in [0.25, 0.3) is 0 Å². The lowest BCUT2D eigenvalue weighted by Gasteiger charge is -2.45. The quantitative estimate of drug-likeness (QED) is 0.829. The number of nitrogens with zero attached hydrogens (tertiary/aromatic N) is 1. The first kappa shape index (κ1) is 18.0. The summed E-state index contributed by atoms with van der Waals surface area (Å²) in [6.07, 6.45) is 4.62. The van der Waals surface area contributed by atoms with Crippen LogP contribution in [0.5, 0.6) is 0 Å². The number of piperidine rings is 1. The highest BCUT2D eigenvalue weighted by Crippen LogP contribution is 2.38. The van der Waals surface area contributed by atoms with Crippen LogP contribution in [-0.2, 0) is 25.6 Å². The maximum absolute atomic E-state index is 13.0. The van der Waals surface area contributed by atoms with Gasteiger partial charge in [0, 0.05) is 38.8 Å². The highest BCUT2D eigenvalue weighted by molar-refractivity contribution is 5.79. The molecule has 3 saturated heterocycles. The minimum Gasteiger partial charge on any atom is -0.381 e. The molecule has 3 aliphatic rings. The summed E-state index contributed by atoms with van der Waals surface area (Å²) in [5, 5.41) is 0. The maximum Gasteiger partial charge on any atom is 0.225 e. The molecule has 26 heavy (non-hydrogen) atoms. The van der Waals surface area contributed by atoms with Crippen LogP contribution in [0.1, 0.15) is 37.7 Å². The molecule has 1 spiro atoms. The highest BCUT2D eigenvalue weighted by Gasteiger charge is 2.48. The van der Waals surface area contributed by atoms with Gasteiger partial charge in [-0.3, -0.25) is 4.79 Å². The van der Waals surface area contributed by atoms with Crippen molar-refractivity contribution in [2.45, 2.75) is 50.4 Å². The molecule has 3 heterocycles. The van der Waals surface area contributed by atoms with Gasteiger partial charge in [-0.25, -0.2) is 0 Å². The van der Waals surface area contributed by atoms with Crippen molar-refractivity contribution in [2.75, 3.05) is 32.9 Å². The van der Waals surface area contributed by atoms with Gasteiger partial charge in [0.25, 0.3) is 0 Å². The zero-order valence-corrected chi connectivity index (χ0v) is 15.4. The molecule has 0 radical (unpaired) electrons. The number of ether oxygens (including phenoxy) is 3. The number of hydrogen-bond acceptors (Lipinski definition) is 4. The molecular weight excluding hydrogens is 330 g/mol. The topological polar surface area (TPSA) is 48.0 Å². The Hall–Kier alpha value is -1.43. The molecule has 0 N–H and O–H groups in total. The maximum atomic E-state index is 13.0. The fourth-order valence-electron chi connectivity index (χ4n) is 4.49. The summed E-state index contributed by atoms with van der Waals surface area (Å²) < 4.78 is 17.9. The molecular formula is C21H29NO4. The molecule has 1 aromatic carbocycles. The summed E-state index contributed by atoms with van der Waals surface area (Å²) >= 11 is 0. The largest absolute Gasteiger partial charge is 0.381 e. The second-order valence-electron chi connectivity index (χ2n) is 7.72. The van der Waals surface area contributed by atoms with Crippen molar-refractivity contribution >= 4 is 5.91 Å². The van der Waals surface area contributed by atoms with E-state index in [-0.39, 0.29) is 23.5 Å². The van der Waals surface area contributed by atoms with Gasteiger partial charge in [-0.15, -0.1) is 0 Å². The Kier molecular flexibility index (Phi) is 5.57. The van der Waals surface area contributed by atoms with Crippen LogP contribution in [0.4, 0.5) is 0 Å². The van der Waals surface area contributed by atoms with E-state index in [1.807, 2.05) is 23.1 Å². The molecule has 0 aliphatic carbocycles. The lowest BCUT2D eigenvalue weighted by Crippen LogP contribution is -2.58. The molecule has 0 saturated carbocycles. The fraction of sp³-hybridized carbons (Fsp3) is 0.667. The smallest absolute Gasteiger partial charge is 0.225 e. The van der Waals surface area contributed by atoms with E-state index < -0.39 is 0 Å². The Morgan fingerprint density at radius 1 is 1.15 bits per heavy atom. The third kappa shape index (κ3) is 3.80. The summed E-state index contributed by atoms with van der Waals surface area (Å²) in [5.41, 5.74) is 0.954. The first-order chi connectivity index (χ1) is 12.8. The second-order valence-corrected chi connectivity index (χ2v) is 7.72. The average Bonchev–Trinajstić information content (AvgIpc) is 3.17. The lowest BCUT2D eigenvalue weighted by molar-refractivity contribution is -0.171. The molecule has 0 unspecified atom stereocenters. The van der Waals surface area contributed by atoms with Crippen molar-refractivity contribution in [3.63, 3.8) is 0 Å². The van der Waals surface area contributed by atoms with Crippen molar-refractivity contribution in [1.29, 1.82) is 0 Å². The van der Waals surface area contributed by atoms with Gasteiger partial charge >= 0.3 is 0 Å². The number of amides is 1. The first-order valence-electron chi connectivity index (χ1n) is 9.93. The van der Waals surface area contributed by atoms with E-state index in [0.29, 0.717) is 26.4 Å². The Morgan fingerprint density at radius 2 is 1.96 bits per heavy atom. The van der Waals surface area contributed by atoms with Gasteiger partial charge in [0.2, 0.25) is 5.91 Å². The van der Waals surface area contributed by atoms with Crippen LogP contribution >= 0.6 is 0 Å². The monoisotopic (exact) mass is 359 g/mol. The van der Waals surface area contributed by atoms with Crippen molar-refractivity contribution in [1.82, 2.24) is 4.90 Å². The Labute approximate surface area is 155 Å². The Morgan fingerprint density at radius 3 is 2.69 bits per heavy atom. The molecule has 0 bridgehead atoms. The third-order valence-electron chi connectivity index (χ3n) is 6.09. The number of likely N-dealkylation sites (tertiary alicyclic amines) is 1. The second kappa shape index (κ2) is 8.07. The minimum absolute atomic E-state index is 0.0530. The summed E-state index contributed by atoms with van der Waals surface area (Å²) in [6, 6.07) is 10.2. The molecule has 3 aliphatic heterocycles. The van der Waals surface area contributed by atoms with Gasteiger partial charge in [-0.2, -0.15) is 0 Å². The molecule has 3 fully saturated rings. The summed E-state index contributed by atoms with van der Waals surface area (Å²) in [4.78, 5) is 15.0. The first-order valence-corrected chi connectivity index (χ1v) is 9.93. The number of hydrogen-bond donors (Lipinski definition) is 0. The predicted molar refractivity (Wildman–Crippen MR) is 97.7 cm³/mol. The molecule has 142 valence electrons. The van der Waals surface area contributed by atoms with Crippen LogP contribution in [0.15, 0.2) is 30.3 Å². The molecule has 0 aromatic heterocycles. The van der Waals surface area contributed by atoms with E-state index >= 15 is 0 Å². The van der Waals surface area contributed by atoms with Crippen molar-refractivity contribution in [3.05, 3.63) is 35.9 Å². The van der Waals surface area contributed by atoms with E-state index in [9.17, 15) is 4.79 Å². The van der Waals surface area contributed by atoms with Gasteiger partial charge in [-0.05, 0) is 37.7 Å². The zero-order chi connectivity index (χ0) is 17.8. The predicted octanol–water partition coefficient (Wildman–Crippen LogP) is 2.78. The van der Waals surface area contributed by atoms with E-state index in [1.54, 1.807) is 0 Å². The van der Waals surface area contributed by atoms with Crippen LogP contribution in [0.2, 0.25) is 0 Å². The fourth-order valence-corrected chi connectivity index (χ4v) is 4.49. The number of carbonyl (C=O) groups excluding carboxylic acids is 1. The Bertz CT molecular complexity index is 593. The van der Waals surface area contributed by atoms with Crippen LogP contribution in [0, 0.1) is 5.92 Å². The average molecular weight is 359 g/mol. The van der Waals surface area contributed by atoms with E-state index in [0.717, 1.165) is 50.8 Å². The molecule has 1 aromatic rings. The van der Waals surface area contributed by atoms with Gasteiger partial charge in [-0.1, -0.05) is 30.3 Å². The standard InChI is InChI=1S/C21H29NO4/c23-20(18-7-13-24-14-8-18)22-11-10-21(9-4-12-26-21)19(15-22)25-16-17-5-2-1-3-6-17/h1-3,5-6,18-19H,4,7-16H2/t19-,21-/m0/s1. The van der Waals surface area contributed by atoms with Crippen LogP contribution in [-0.4, -0.2) is 55.4 Å². The van der Waals surface area contributed by atoms with Crippen molar-refractivity contribution in [3.8, 4) is 0 Å². The number of benzene rings is 1. The summed E-state index contributed by atoms with van der Waals surface area (Å²) in [7, 11) is 0. The molecule has 5 nitrogen and oxygen atoms in total. The van der Waals surface area contributed by atoms with Crippen LogP contribution < -0.4 is 0 Å². The van der Waals surface area contributed by atoms with E-state index in [2.05, 4.69) is 12.1 Å². The summed E-state index contributed by atoms with van der Waals surface area (Å²) in [5.74, 6) is 0.381. The third-order valence-corrected chi connectivity index (χ3v) is 6.09. The minimum atomic E-state index is -0.207. The Balaban J connectivity index is 1.43. The highest BCUT2D eigenvalue weighted by atomic mass is 16.6. The normalized spacial score (nSPS) is 30.0. The number of carbonyl (C=O) groups is 1. The number of rotatable bonds is 4. The summed E-state index contributed by atoms with van der Waals surface area (Å²) in [6.45, 7) is 4.19. The van der Waals surface area contributed by atoms with Gasteiger partial charge in [0.05, 0.1) is 12.2 Å². The van der Waals surface area contributed by atoms with Crippen molar-refractivity contribution < 1.29 is 19.0 Å². The van der Waals surface area contributed by atoms with Crippen LogP contribution in [0.3, 0.4) is 0 Å². The van der Waals surface area contributed by atoms with Gasteiger partial charge < -0.3 is 19.1 Å². The SMILES string of the molecule is O=C(C1CCOCC1)N1CC[C@@]2(CCCO2)[C@@H](OCc2ccccc2)C1. The molecule has 5 heteroatoms. The van der Waals surface area contributed by atoms with Gasteiger partial charge in [0.15, 0.2) is 0 Å². The lowest BCUT2D eigenvalue weighted by atomic mass is 9.85. The molecule has 4 rings (SSSR count). The van der Waals surface area contributed by atoms with Gasteiger partial charge in [0.1, 0.15) is 6.10 Å². The van der Waals surface area contributed by atoms with E-state index in [1.165, 1.54) is 0 Å². The molecule has 2 atom stereocenters. The van der Waals surface area contributed by atoms with E-state index in [4.69, 9.17) is 14.2 Å². The van der Waals surface area contributed by atoms with Crippen molar-refractivity contribution in [2.24, 2.45) is 5.92 Å².